The fraction of sp³-hybridized carbons (Fsp3) is 0.308. The largest absolute Gasteiger partial charge is 0.467 e. The molecule has 1 rings (SSSR count). The lowest BCUT2D eigenvalue weighted by molar-refractivity contribution is -0.141. The Hall–Kier alpha value is -1.95. The number of esters is 1. The van der Waals surface area contributed by atoms with E-state index in [1.807, 2.05) is 31.2 Å². The highest BCUT2D eigenvalue weighted by molar-refractivity contribution is 5.79. The molecule has 1 N–H and O–H groups in total. The molecule has 0 bridgehead atoms. The van der Waals surface area contributed by atoms with Gasteiger partial charge in [-0.15, -0.1) is 6.42 Å². The van der Waals surface area contributed by atoms with Gasteiger partial charge in [0.1, 0.15) is 6.04 Å². The molecule has 1 atom stereocenters. The zero-order chi connectivity index (χ0) is 12.0. The van der Waals surface area contributed by atoms with Crippen LogP contribution in [0.1, 0.15) is 18.9 Å². The minimum Gasteiger partial charge on any atom is -0.467 e. The molecule has 0 heterocycles. The summed E-state index contributed by atoms with van der Waals surface area (Å²) < 4.78 is 4.69. The summed E-state index contributed by atoms with van der Waals surface area (Å²) in [5, 5.41) is 3.08. The lowest BCUT2D eigenvalue weighted by Gasteiger charge is -2.15. The van der Waals surface area contributed by atoms with Gasteiger partial charge in [-0.05, 0) is 24.6 Å². The fourth-order valence-electron chi connectivity index (χ4n) is 1.37. The van der Waals surface area contributed by atoms with E-state index in [9.17, 15) is 4.79 Å². The van der Waals surface area contributed by atoms with Crippen LogP contribution in [0.2, 0.25) is 0 Å². The van der Waals surface area contributed by atoms with Gasteiger partial charge in [-0.3, -0.25) is 0 Å². The second-order valence-corrected chi connectivity index (χ2v) is 3.35. The van der Waals surface area contributed by atoms with Crippen molar-refractivity contribution in [1.29, 1.82) is 0 Å². The molecule has 84 valence electrons. The molecule has 16 heavy (non-hydrogen) atoms. The van der Waals surface area contributed by atoms with Gasteiger partial charge in [-0.2, -0.15) is 0 Å². The molecule has 1 unspecified atom stereocenters. The Balaban J connectivity index is 2.78. The van der Waals surface area contributed by atoms with Crippen molar-refractivity contribution in [2.75, 3.05) is 12.4 Å². The quantitative estimate of drug-likeness (QED) is 0.619. The van der Waals surface area contributed by atoms with Crippen LogP contribution in [-0.2, 0) is 9.53 Å². The summed E-state index contributed by atoms with van der Waals surface area (Å²) in [6.45, 7) is 1.92. The van der Waals surface area contributed by atoms with Crippen LogP contribution in [-0.4, -0.2) is 19.1 Å². The molecule has 3 nitrogen and oxygen atoms in total. The van der Waals surface area contributed by atoms with E-state index in [1.54, 1.807) is 0 Å². The van der Waals surface area contributed by atoms with E-state index in [4.69, 9.17) is 11.2 Å². The number of hydrogen-bond acceptors (Lipinski definition) is 3. The molecule has 0 aliphatic heterocycles. The van der Waals surface area contributed by atoms with E-state index in [1.165, 1.54) is 7.11 Å². The van der Waals surface area contributed by atoms with E-state index in [0.717, 1.165) is 11.3 Å². The molecule has 0 amide bonds. The Kier molecular flexibility index (Phi) is 4.41. The van der Waals surface area contributed by atoms with Crippen LogP contribution in [0.25, 0.3) is 0 Å². The standard InChI is InChI=1S/C13H15NO2/c1-4-10-7-6-8-11(9-10)14-12(5-2)13(15)16-3/h1,6-9,12,14H,5H2,2-3H3. The summed E-state index contributed by atoms with van der Waals surface area (Å²) in [6.07, 6.45) is 5.96. The van der Waals surface area contributed by atoms with Crippen LogP contribution in [0.5, 0.6) is 0 Å². The molecule has 0 aliphatic carbocycles. The molecule has 1 aromatic rings. The fourth-order valence-corrected chi connectivity index (χ4v) is 1.37. The molecule has 0 saturated heterocycles. The third-order valence-electron chi connectivity index (χ3n) is 2.26. The van der Waals surface area contributed by atoms with Crippen molar-refractivity contribution in [2.24, 2.45) is 0 Å². The van der Waals surface area contributed by atoms with E-state index >= 15 is 0 Å². The maximum Gasteiger partial charge on any atom is 0.328 e. The Morgan fingerprint density at radius 2 is 2.38 bits per heavy atom. The summed E-state index contributed by atoms with van der Waals surface area (Å²) >= 11 is 0. The Labute approximate surface area is 95.8 Å². The summed E-state index contributed by atoms with van der Waals surface area (Å²) in [7, 11) is 1.38. The van der Waals surface area contributed by atoms with E-state index in [-0.39, 0.29) is 12.0 Å². The van der Waals surface area contributed by atoms with Gasteiger partial charge in [0, 0.05) is 11.3 Å². The Morgan fingerprint density at radius 1 is 1.62 bits per heavy atom. The first-order valence-corrected chi connectivity index (χ1v) is 5.12. The van der Waals surface area contributed by atoms with Gasteiger partial charge in [-0.1, -0.05) is 18.9 Å². The van der Waals surface area contributed by atoms with Crippen LogP contribution in [0.4, 0.5) is 5.69 Å². The van der Waals surface area contributed by atoms with Crippen molar-refractivity contribution in [3.8, 4) is 12.3 Å². The number of carbonyl (C=O) groups is 1. The average Bonchev–Trinajstić information content (AvgIpc) is 2.35. The maximum atomic E-state index is 11.4. The number of hydrogen-bond donors (Lipinski definition) is 1. The highest BCUT2D eigenvalue weighted by Crippen LogP contribution is 2.12. The molecule has 0 aromatic heterocycles. The second-order valence-electron chi connectivity index (χ2n) is 3.35. The molecule has 0 spiro atoms. The maximum absolute atomic E-state index is 11.4. The monoisotopic (exact) mass is 217 g/mol. The highest BCUT2D eigenvalue weighted by Gasteiger charge is 2.16. The van der Waals surface area contributed by atoms with Crippen LogP contribution in [0.15, 0.2) is 24.3 Å². The molecule has 0 saturated carbocycles. The number of methoxy groups -OCH3 is 1. The summed E-state index contributed by atoms with van der Waals surface area (Å²) in [5.41, 5.74) is 1.61. The van der Waals surface area contributed by atoms with Crippen LogP contribution < -0.4 is 5.32 Å². The van der Waals surface area contributed by atoms with Crippen molar-refractivity contribution in [1.82, 2.24) is 0 Å². The topological polar surface area (TPSA) is 38.3 Å². The zero-order valence-corrected chi connectivity index (χ0v) is 9.49. The van der Waals surface area contributed by atoms with Crippen LogP contribution in [0.3, 0.4) is 0 Å². The van der Waals surface area contributed by atoms with Crippen molar-refractivity contribution in [3.05, 3.63) is 29.8 Å². The second kappa shape index (κ2) is 5.82. The Morgan fingerprint density at radius 3 is 2.94 bits per heavy atom. The number of benzene rings is 1. The first-order chi connectivity index (χ1) is 7.71. The van der Waals surface area contributed by atoms with E-state index < -0.39 is 0 Å². The number of carbonyl (C=O) groups excluding carboxylic acids is 1. The van der Waals surface area contributed by atoms with Crippen molar-refractivity contribution in [2.45, 2.75) is 19.4 Å². The molecule has 3 heteroatoms. The highest BCUT2D eigenvalue weighted by atomic mass is 16.5. The molecule has 0 radical (unpaired) electrons. The SMILES string of the molecule is C#Cc1cccc(NC(CC)C(=O)OC)c1. The first kappa shape index (κ1) is 12.1. The minimum absolute atomic E-state index is 0.270. The summed E-state index contributed by atoms with van der Waals surface area (Å²) in [4.78, 5) is 11.4. The molecule has 1 aromatic carbocycles. The average molecular weight is 217 g/mol. The Bertz CT molecular complexity index is 407. The predicted molar refractivity (Wildman–Crippen MR) is 64.1 cm³/mol. The number of ether oxygens (including phenoxy) is 1. The van der Waals surface area contributed by atoms with Gasteiger partial charge >= 0.3 is 5.97 Å². The summed E-state index contributed by atoms with van der Waals surface area (Å²) in [5.74, 6) is 2.28. The van der Waals surface area contributed by atoms with E-state index in [2.05, 4.69) is 11.2 Å². The van der Waals surface area contributed by atoms with Gasteiger partial charge in [0.25, 0.3) is 0 Å². The smallest absolute Gasteiger partial charge is 0.328 e. The van der Waals surface area contributed by atoms with E-state index in [0.29, 0.717) is 6.42 Å². The molecular formula is C13H15NO2. The number of rotatable bonds is 4. The molecule has 0 fully saturated rings. The predicted octanol–water partition coefficient (Wildman–Crippen LogP) is 2.03. The number of nitrogens with one attached hydrogen (secondary N) is 1. The van der Waals surface area contributed by atoms with Gasteiger partial charge in [0.15, 0.2) is 0 Å². The number of anilines is 1. The van der Waals surface area contributed by atoms with Gasteiger partial charge in [-0.25, -0.2) is 4.79 Å². The van der Waals surface area contributed by atoms with Crippen LogP contribution >= 0.6 is 0 Å². The van der Waals surface area contributed by atoms with Crippen molar-refractivity contribution >= 4 is 11.7 Å². The minimum atomic E-state index is -0.335. The third kappa shape index (κ3) is 3.03. The van der Waals surface area contributed by atoms with Crippen LogP contribution in [0, 0.1) is 12.3 Å². The normalized spacial score (nSPS) is 11.3. The first-order valence-electron chi connectivity index (χ1n) is 5.12. The molecular weight excluding hydrogens is 202 g/mol. The van der Waals surface area contributed by atoms with Gasteiger partial charge < -0.3 is 10.1 Å². The number of terminal acetylenes is 1. The molecule has 0 aliphatic rings. The third-order valence-corrected chi connectivity index (χ3v) is 2.26. The van der Waals surface area contributed by atoms with Gasteiger partial charge in [0.2, 0.25) is 0 Å². The van der Waals surface area contributed by atoms with Crippen molar-refractivity contribution in [3.63, 3.8) is 0 Å². The lowest BCUT2D eigenvalue weighted by atomic mass is 10.1. The summed E-state index contributed by atoms with van der Waals surface area (Å²) in [6, 6.07) is 7.04. The van der Waals surface area contributed by atoms with Crippen molar-refractivity contribution < 1.29 is 9.53 Å². The zero-order valence-electron chi connectivity index (χ0n) is 9.49. The van der Waals surface area contributed by atoms with Gasteiger partial charge in [0.05, 0.1) is 7.11 Å². The lowest BCUT2D eigenvalue weighted by Crippen LogP contribution is -2.29.